The Labute approximate surface area is 126 Å². The van der Waals surface area contributed by atoms with Crippen molar-refractivity contribution in [1.82, 2.24) is 25.0 Å². The van der Waals surface area contributed by atoms with Crippen molar-refractivity contribution in [2.75, 3.05) is 0 Å². The summed E-state index contributed by atoms with van der Waals surface area (Å²) in [5, 5.41) is 8.85. The maximum Gasteiger partial charge on any atom is 0.0632 e. The summed E-state index contributed by atoms with van der Waals surface area (Å²) in [6, 6.07) is 2.15. The van der Waals surface area contributed by atoms with Crippen LogP contribution >= 0.6 is 0 Å². The topological polar surface area (TPSA) is 73.7 Å². The predicted molar refractivity (Wildman–Crippen MR) is 83.6 cm³/mol. The third-order valence-electron chi connectivity index (χ3n) is 4.08. The number of hydrazine groups is 1. The lowest BCUT2D eigenvalue weighted by Crippen LogP contribution is -2.30. The highest BCUT2D eigenvalue weighted by Gasteiger charge is 2.17. The lowest BCUT2D eigenvalue weighted by Gasteiger charge is -2.17. The highest BCUT2D eigenvalue weighted by Crippen LogP contribution is 2.21. The molecule has 0 fully saturated rings. The van der Waals surface area contributed by atoms with Gasteiger partial charge in [0, 0.05) is 25.5 Å². The quantitative estimate of drug-likeness (QED) is 0.602. The average molecular weight is 290 g/mol. The van der Waals surface area contributed by atoms with Gasteiger partial charge in [-0.25, -0.2) is 0 Å². The fourth-order valence-corrected chi connectivity index (χ4v) is 2.82. The van der Waals surface area contributed by atoms with Gasteiger partial charge >= 0.3 is 0 Å². The number of aromatic nitrogens is 4. The van der Waals surface area contributed by atoms with E-state index in [1.165, 1.54) is 11.3 Å². The molecule has 3 N–H and O–H groups in total. The molecule has 21 heavy (non-hydrogen) atoms. The van der Waals surface area contributed by atoms with Crippen molar-refractivity contribution in [3.05, 3.63) is 34.9 Å². The van der Waals surface area contributed by atoms with E-state index in [2.05, 4.69) is 36.4 Å². The van der Waals surface area contributed by atoms with Gasteiger partial charge in [-0.1, -0.05) is 6.92 Å². The first-order valence-electron chi connectivity index (χ1n) is 7.55. The summed E-state index contributed by atoms with van der Waals surface area (Å²) in [4.78, 5) is 0. The molecule has 0 aliphatic rings. The smallest absolute Gasteiger partial charge is 0.0632 e. The van der Waals surface area contributed by atoms with Crippen LogP contribution < -0.4 is 11.3 Å². The first-order valence-corrected chi connectivity index (χ1v) is 7.55. The Morgan fingerprint density at radius 3 is 2.71 bits per heavy atom. The van der Waals surface area contributed by atoms with E-state index in [1.807, 2.05) is 28.7 Å². The van der Waals surface area contributed by atoms with Crippen LogP contribution in [-0.4, -0.2) is 19.6 Å². The number of nitrogens with two attached hydrogens (primary N) is 1. The van der Waals surface area contributed by atoms with Crippen molar-refractivity contribution >= 4 is 0 Å². The molecule has 2 aromatic rings. The second-order valence-electron chi connectivity index (χ2n) is 5.51. The molecule has 0 aromatic carbocycles. The first kappa shape index (κ1) is 15.7. The van der Waals surface area contributed by atoms with Crippen LogP contribution in [0.3, 0.4) is 0 Å². The van der Waals surface area contributed by atoms with Gasteiger partial charge in [0.05, 0.1) is 17.4 Å². The Morgan fingerprint density at radius 1 is 1.38 bits per heavy atom. The van der Waals surface area contributed by atoms with Gasteiger partial charge in [0.1, 0.15) is 0 Å². The number of nitrogens with one attached hydrogen (secondary N) is 1. The molecule has 0 aliphatic heterocycles. The molecule has 116 valence electrons. The Bertz CT molecular complexity index is 583. The van der Waals surface area contributed by atoms with Crippen LogP contribution in [0.2, 0.25) is 0 Å². The van der Waals surface area contributed by atoms with Crippen LogP contribution in [-0.2, 0) is 20.0 Å². The standard InChI is InChI=1S/C15H26N6/c1-5-10-21-15(8-9-17-21)14(18-16)7-6-13-11(2)19-20(4)12(13)3/h8-9,14,18H,5-7,10,16H2,1-4H3. The molecule has 1 atom stereocenters. The van der Waals surface area contributed by atoms with Crippen molar-refractivity contribution < 1.29 is 0 Å². The van der Waals surface area contributed by atoms with Crippen molar-refractivity contribution in [2.45, 2.75) is 52.6 Å². The summed E-state index contributed by atoms with van der Waals surface area (Å²) >= 11 is 0. The SMILES string of the molecule is CCCn1nccc1C(CCc1c(C)nn(C)c1C)NN. The monoisotopic (exact) mass is 290 g/mol. The summed E-state index contributed by atoms with van der Waals surface area (Å²) in [5.74, 6) is 5.76. The van der Waals surface area contributed by atoms with Gasteiger partial charge in [0.2, 0.25) is 0 Å². The van der Waals surface area contributed by atoms with Crippen LogP contribution in [0.5, 0.6) is 0 Å². The Kier molecular flexibility index (Phi) is 5.14. The summed E-state index contributed by atoms with van der Waals surface area (Å²) in [5.41, 5.74) is 7.73. The largest absolute Gasteiger partial charge is 0.272 e. The minimum absolute atomic E-state index is 0.109. The third kappa shape index (κ3) is 3.33. The molecule has 0 saturated heterocycles. The lowest BCUT2D eigenvalue weighted by atomic mass is 10.0. The fraction of sp³-hybridized carbons (Fsp3) is 0.600. The zero-order valence-electron chi connectivity index (χ0n) is 13.4. The Morgan fingerprint density at radius 2 is 2.14 bits per heavy atom. The highest BCUT2D eigenvalue weighted by molar-refractivity contribution is 5.24. The van der Waals surface area contributed by atoms with Gasteiger partial charge in [-0.15, -0.1) is 0 Å². The van der Waals surface area contributed by atoms with Crippen molar-refractivity contribution in [3.8, 4) is 0 Å². The molecule has 6 nitrogen and oxygen atoms in total. The molecule has 0 bridgehead atoms. The van der Waals surface area contributed by atoms with E-state index in [9.17, 15) is 0 Å². The average Bonchev–Trinajstić information content (AvgIpc) is 3.00. The second kappa shape index (κ2) is 6.87. The van der Waals surface area contributed by atoms with E-state index in [0.29, 0.717) is 0 Å². The van der Waals surface area contributed by atoms with Crippen LogP contribution in [0.4, 0.5) is 0 Å². The molecule has 2 heterocycles. The minimum Gasteiger partial charge on any atom is -0.272 e. The summed E-state index contributed by atoms with van der Waals surface area (Å²) in [7, 11) is 1.99. The molecule has 6 heteroatoms. The van der Waals surface area contributed by atoms with E-state index in [-0.39, 0.29) is 6.04 Å². The Hall–Kier alpha value is -1.66. The summed E-state index contributed by atoms with van der Waals surface area (Å²) < 4.78 is 3.98. The van der Waals surface area contributed by atoms with Crippen LogP contribution in [0.25, 0.3) is 0 Å². The molecule has 0 aliphatic carbocycles. The van der Waals surface area contributed by atoms with E-state index in [4.69, 9.17) is 5.84 Å². The van der Waals surface area contributed by atoms with Crippen LogP contribution in [0, 0.1) is 13.8 Å². The number of nitrogens with zero attached hydrogens (tertiary/aromatic N) is 4. The minimum atomic E-state index is 0.109. The molecule has 0 saturated carbocycles. The molecular weight excluding hydrogens is 264 g/mol. The molecule has 0 radical (unpaired) electrons. The number of hydrogen-bond acceptors (Lipinski definition) is 4. The molecule has 1 unspecified atom stereocenters. The fourth-order valence-electron chi connectivity index (χ4n) is 2.82. The molecule has 0 amide bonds. The van der Waals surface area contributed by atoms with Gasteiger partial charge in [-0.2, -0.15) is 10.2 Å². The van der Waals surface area contributed by atoms with Gasteiger partial charge in [-0.3, -0.25) is 20.6 Å². The van der Waals surface area contributed by atoms with Gasteiger partial charge in [0.15, 0.2) is 0 Å². The molecule has 0 spiro atoms. The van der Waals surface area contributed by atoms with Gasteiger partial charge in [-0.05, 0) is 44.7 Å². The van der Waals surface area contributed by atoms with Crippen LogP contribution in [0.15, 0.2) is 12.3 Å². The Balaban J connectivity index is 2.10. The highest BCUT2D eigenvalue weighted by atomic mass is 15.3. The zero-order chi connectivity index (χ0) is 15.4. The molecule has 2 rings (SSSR count). The second-order valence-corrected chi connectivity index (χ2v) is 5.51. The third-order valence-corrected chi connectivity index (χ3v) is 4.08. The van der Waals surface area contributed by atoms with Crippen molar-refractivity contribution in [3.63, 3.8) is 0 Å². The molecular formula is C15H26N6. The number of aryl methyl sites for hydroxylation is 3. The van der Waals surface area contributed by atoms with Crippen LogP contribution in [0.1, 0.15) is 48.5 Å². The molecule has 2 aromatic heterocycles. The van der Waals surface area contributed by atoms with E-state index in [0.717, 1.165) is 37.2 Å². The number of hydrogen-bond donors (Lipinski definition) is 2. The zero-order valence-corrected chi connectivity index (χ0v) is 13.4. The van der Waals surface area contributed by atoms with Crippen molar-refractivity contribution in [1.29, 1.82) is 0 Å². The van der Waals surface area contributed by atoms with Crippen molar-refractivity contribution in [2.24, 2.45) is 12.9 Å². The van der Waals surface area contributed by atoms with E-state index >= 15 is 0 Å². The van der Waals surface area contributed by atoms with Gasteiger partial charge in [0.25, 0.3) is 0 Å². The van der Waals surface area contributed by atoms with E-state index in [1.54, 1.807) is 0 Å². The number of rotatable bonds is 7. The predicted octanol–water partition coefficient (Wildman–Crippen LogP) is 1.78. The summed E-state index contributed by atoms with van der Waals surface area (Å²) in [6.07, 6.45) is 4.79. The maximum absolute atomic E-state index is 5.76. The van der Waals surface area contributed by atoms with E-state index < -0.39 is 0 Å². The van der Waals surface area contributed by atoms with Gasteiger partial charge < -0.3 is 0 Å². The normalized spacial score (nSPS) is 12.8. The summed E-state index contributed by atoms with van der Waals surface area (Å²) in [6.45, 7) is 7.25. The first-order chi connectivity index (χ1) is 10.1. The maximum atomic E-state index is 5.76. The lowest BCUT2D eigenvalue weighted by molar-refractivity contribution is 0.457.